The van der Waals surface area contributed by atoms with Gasteiger partial charge in [0.2, 0.25) is 5.91 Å². The zero-order valence-corrected chi connectivity index (χ0v) is 11.6. The van der Waals surface area contributed by atoms with E-state index in [1.54, 1.807) is 11.2 Å². The molecule has 1 amide bonds. The summed E-state index contributed by atoms with van der Waals surface area (Å²) in [6.45, 7) is 0.432. The van der Waals surface area contributed by atoms with Gasteiger partial charge in [0.05, 0.1) is 18.9 Å². The third kappa shape index (κ3) is 2.97. The summed E-state index contributed by atoms with van der Waals surface area (Å²) in [7, 11) is 0. The molecule has 0 aliphatic heterocycles. The second-order valence-corrected chi connectivity index (χ2v) is 5.25. The van der Waals surface area contributed by atoms with Crippen LogP contribution in [0, 0.1) is 11.3 Å². The monoisotopic (exact) mass is 280 g/mol. The zero-order chi connectivity index (χ0) is 14.7. The highest BCUT2D eigenvalue weighted by Gasteiger charge is 2.36. The highest BCUT2D eigenvalue weighted by atomic mass is 16.3. The Balaban J connectivity index is 1.81. The van der Waals surface area contributed by atoms with Crippen molar-refractivity contribution in [1.82, 2.24) is 4.90 Å². The van der Waals surface area contributed by atoms with Gasteiger partial charge in [-0.3, -0.25) is 4.79 Å². The third-order valence-corrected chi connectivity index (χ3v) is 3.69. The predicted octanol–water partition coefficient (Wildman–Crippen LogP) is 3.08. The summed E-state index contributed by atoms with van der Waals surface area (Å²) in [5.41, 5.74) is 0.745. The molecule has 1 fully saturated rings. The zero-order valence-electron chi connectivity index (χ0n) is 11.6. The molecule has 1 heterocycles. The minimum Gasteiger partial charge on any atom is -0.467 e. The molecule has 0 N–H and O–H groups in total. The first-order valence-electron chi connectivity index (χ1n) is 7.07. The molecule has 0 bridgehead atoms. The number of rotatable bonds is 5. The average Bonchev–Trinajstić information content (AvgIpc) is 3.23. The van der Waals surface area contributed by atoms with E-state index in [-0.39, 0.29) is 11.9 Å². The highest BCUT2D eigenvalue weighted by molar-refractivity contribution is 5.87. The molecule has 0 saturated heterocycles. The topological polar surface area (TPSA) is 57.2 Å². The van der Waals surface area contributed by atoms with Gasteiger partial charge in [-0.05, 0) is 30.5 Å². The first kappa shape index (κ1) is 13.4. The molecule has 1 aromatic carbocycles. The lowest BCUT2D eigenvalue weighted by Gasteiger charge is -2.24. The van der Waals surface area contributed by atoms with Crippen molar-refractivity contribution < 1.29 is 9.21 Å². The van der Waals surface area contributed by atoms with Crippen LogP contribution in [-0.2, 0) is 11.3 Å². The van der Waals surface area contributed by atoms with Crippen LogP contribution in [0.15, 0.2) is 53.1 Å². The van der Waals surface area contributed by atoms with E-state index in [2.05, 4.69) is 6.07 Å². The Kier molecular flexibility index (Phi) is 3.74. The Hall–Kier alpha value is -2.54. The van der Waals surface area contributed by atoms with Crippen molar-refractivity contribution >= 4 is 5.91 Å². The lowest BCUT2D eigenvalue weighted by atomic mass is 9.99. The lowest BCUT2D eigenvalue weighted by molar-refractivity contribution is -0.133. The largest absolute Gasteiger partial charge is 0.467 e. The molecular weight excluding hydrogens is 264 g/mol. The summed E-state index contributed by atoms with van der Waals surface area (Å²) in [5, 5.41) is 9.41. The van der Waals surface area contributed by atoms with Gasteiger partial charge < -0.3 is 9.32 Å². The highest BCUT2D eigenvalue weighted by Crippen LogP contribution is 2.31. The summed E-state index contributed by atoms with van der Waals surface area (Å²) in [4.78, 5) is 14.5. The first-order valence-corrected chi connectivity index (χ1v) is 7.07. The fourth-order valence-corrected chi connectivity index (χ4v) is 2.43. The van der Waals surface area contributed by atoms with Crippen molar-refractivity contribution in [3.05, 3.63) is 60.1 Å². The second kappa shape index (κ2) is 5.84. The number of furan rings is 1. The summed E-state index contributed by atoms with van der Waals surface area (Å²) >= 11 is 0. The van der Waals surface area contributed by atoms with Gasteiger partial charge in [-0.2, -0.15) is 5.26 Å². The third-order valence-electron chi connectivity index (χ3n) is 3.69. The minimum absolute atomic E-state index is 0.136. The molecule has 1 unspecified atom stereocenters. The maximum absolute atomic E-state index is 12.7. The van der Waals surface area contributed by atoms with Crippen LogP contribution < -0.4 is 0 Å². The number of nitrogens with zero attached hydrogens (tertiary/aromatic N) is 2. The molecule has 2 aromatic rings. The lowest BCUT2D eigenvalue weighted by Crippen LogP contribution is -2.36. The maximum Gasteiger partial charge on any atom is 0.245 e. The number of carbonyl (C=O) groups excluding carboxylic acids is 1. The van der Waals surface area contributed by atoms with Gasteiger partial charge in [0, 0.05) is 6.04 Å². The summed E-state index contributed by atoms with van der Waals surface area (Å²) in [6.07, 6.45) is 3.60. The number of hydrogen-bond donors (Lipinski definition) is 0. The van der Waals surface area contributed by atoms with E-state index in [4.69, 9.17) is 4.42 Å². The van der Waals surface area contributed by atoms with Gasteiger partial charge in [0.25, 0.3) is 0 Å². The van der Waals surface area contributed by atoms with Crippen LogP contribution in [0.25, 0.3) is 0 Å². The van der Waals surface area contributed by atoms with Gasteiger partial charge in [-0.25, -0.2) is 0 Å². The van der Waals surface area contributed by atoms with Crippen LogP contribution >= 0.6 is 0 Å². The van der Waals surface area contributed by atoms with Crippen molar-refractivity contribution in [2.75, 3.05) is 0 Å². The van der Waals surface area contributed by atoms with Crippen LogP contribution in [0.1, 0.15) is 30.1 Å². The molecule has 0 radical (unpaired) electrons. The van der Waals surface area contributed by atoms with Crippen molar-refractivity contribution in [3.63, 3.8) is 0 Å². The van der Waals surface area contributed by atoms with Crippen LogP contribution in [0.3, 0.4) is 0 Å². The smallest absolute Gasteiger partial charge is 0.245 e. The van der Waals surface area contributed by atoms with E-state index < -0.39 is 5.92 Å². The molecule has 21 heavy (non-hydrogen) atoms. The Morgan fingerprint density at radius 1 is 1.29 bits per heavy atom. The SMILES string of the molecule is N#CC(C(=O)N(Cc1ccco1)C1CC1)c1ccccc1. The van der Waals surface area contributed by atoms with Crippen LogP contribution in [-0.4, -0.2) is 16.8 Å². The fraction of sp³-hybridized carbons (Fsp3) is 0.294. The summed E-state index contributed by atoms with van der Waals surface area (Å²) in [6, 6.07) is 15.3. The predicted molar refractivity (Wildman–Crippen MR) is 77.1 cm³/mol. The number of carbonyl (C=O) groups is 1. The van der Waals surface area contributed by atoms with Crippen LogP contribution in [0.2, 0.25) is 0 Å². The van der Waals surface area contributed by atoms with E-state index in [9.17, 15) is 10.1 Å². The van der Waals surface area contributed by atoms with E-state index in [1.165, 1.54) is 0 Å². The Morgan fingerprint density at radius 2 is 2.05 bits per heavy atom. The van der Waals surface area contributed by atoms with Gasteiger partial charge >= 0.3 is 0 Å². The van der Waals surface area contributed by atoms with Gasteiger partial charge in [-0.15, -0.1) is 0 Å². The molecule has 1 aliphatic carbocycles. The minimum atomic E-state index is -0.748. The quantitative estimate of drug-likeness (QED) is 0.845. The van der Waals surface area contributed by atoms with Crippen LogP contribution in [0.5, 0.6) is 0 Å². The molecule has 1 aliphatic rings. The molecule has 4 nitrogen and oxygen atoms in total. The van der Waals surface area contributed by atoms with Crippen molar-refractivity contribution in [2.24, 2.45) is 0 Å². The number of nitriles is 1. The fourth-order valence-electron chi connectivity index (χ4n) is 2.43. The molecule has 1 saturated carbocycles. The number of amides is 1. The van der Waals surface area contributed by atoms with Gasteiger partial charge in [-0.1, -0.05) is 30.3 Å². The van der Waals surface area contributed by atoms with Crippen molar-refractivity contribution in [3.8, 4) is 6.07 Å². The molecular formula is C17H16N2O2. The van der Waals surface area contributed by atoms with E-state index >= 15 is 0 Å². The normalized spacial score (nSPS) is 15.2. The summed E-state index contributed by atoms with van der Waals surface area (Å²) < 4.78 is 5.33. The Bertz CT molecular complexity index is 639. The van der Waals surface area contributed by atoms with E-state index in [1.807, 2.05) is 42.5 Å². The summed E-state index contributed by atoms with van der Waals surface area (Å²) in [5.74, 6) is -0.135. The molecule has 106 valence electrons. The average molecular weight is 280 g/mol. The number of hydrogen-bond acceptors (Lipinski definition) is 3. The number of benzene rings is 1. The van der Waals surface area contributed by atoms with E-state index in [0.717, 1.165) is 24.2 Å². The molecule has 4 heteroatoms. The van der Waals surface area contributed by atoms with Crippen LogP contribution in [0.4, 0.5) is 0 Å². The van der Waals surface area contributed by atoms with Crippen molar-refractivity contribution in [2.45, 2.75) is 31.3 Å². The first-order chi connectivity index (χ1) is 10.3. The Morgan fingerprint density at radius 3 is 2.62 bits per heavy atom. The maximum atomic E-state index is 12.7. The molecule has 1 atom stereocenters. The Labute approximate surface area is 123 Å². The van der Waals surface area contributed by atoms with Gasteiger partial charge in [0.15, 0.2) is 0 Å². The molecule has 3 rings (SSSR count). The van der Waals surface area contributed by atoms with Crippen molar-refractivity contribution in [1.29, 1.82) is 5.26 Å². The van der Waals surface area contributed by atoms with E-state index in [0.29, 0.717) is 6.54 Å². The molecule has 0 spiro atoms. The molecule has 1 aromatic heterocycles. The second-order valence-electron chi connectivity index (χ2n) is 5.25. The standard InChI is InChI=1S/C17H16N2O2/c18-11-16(13-5-2-1-3-6-13)17(20)19(14-8-9-14)12-15-7-4-10-21-15/h1-7,10,14,16H,8-9,12H2. The van der Waals surface area contributed by atoms with Gasteiger partial charge in [0.1, 0.15) is 11.7 Å².